The Balaban J connectivity index is 2.98. The quantitative estimate of drug-likeness (QED) is 0.387. The van der Waals surface area contributed by atoms with E-state index >= 15 is 0 Å². The van der Waals surface area contributed by atoms with Gasteiger partial charge in [0.2, 0.25) is 0 Å². The molecule has 0 aliphatic carbocycles. The summed E-state index contributed by atoms with van der Waals surface area (Å²) in [5, 5.41) is 11.4. The molecule has 3 N–H and O–H groups in total. The van der Waals surface area contributed by atoms with Crippen LogP contribution in [-0.4, -0.2) is 30.8 Å². The predicted octanol–water partition coefficient (Wildman–Crippen LogP) is 2.43. The Morgan fingerprint density at radius 1 is 1.50 bits per heavy atom. The molecular weight excluding hydrogens is 271 g/mol. The lowest BCUT2D eigenvalue weighted by molar-refractivity contribution is -0.119. The third kappa shape index (κ3) is 3.69. The van der Waals surface area contributed by atoms with E-state index in [0.29, 0.717) is 0 Å². The molecule has 0 bridgehead atoms. The van der Waals surface area contributed by atoms with Crippen LogP contribution in [0, 0.1) is 0 Å². The molecule has 0 aromatic heterocycles. The first-order chi connectivity index (χ1) is 8.24. The van der Waals surface area contributed by atoms with Crippen molar-refractivity contribution in [1.29, 1.82) is 0 Å². The lowest BCUT2D eigenvalue weighted by Crippen LogP contribution is -2.30. The normalized spacial score (nSPS) is 12.6. The Labute approximate surface area is 106 Å². The standard InChI is InChI=1S/C10H11ClF3N3O/c1-17(5-10(12,13)14)6-2-3-7(8(11)4-6)9(15)16-18/h2-4,18H,5H2,1H3,(H2,15,16). The number of hydrogen-bond acceptors (Lipinski definition) is 3. The van der Waals surface area contributed by atoms with Gasteiger partial charge in [0.25, 0.3) is 0 Å². The summed E-state index contributed by atoms with van der Waals surface area (Å²) in [4.78, 5) is 1.00. The first kappa shape index (κ1) is 14.4. The minimum absolute atomic E-state index is 0.108. The number of benzene rings is 1. The molecule has 0 fully saturated rings. The van der Waals surface area contributed by atoms with Gasteiger partial charge >= 0.3 is 6.18 Å². The second-order valence-corrected chi connectivity index (χ2v) is 4.03. The molecule has 0 saturated carbocycles. The summed E-state index contributed by atoms with van der Waals surface area (Å²) in [6.45, 7) is -1.09. The number of alkyl halides is 3. The van der Waals surface area contributed by atoms with Crippen LogP contribution in [-0.2, 0) is 0 Å². The highest BCUT2D eigenvalue weighted by Crippen LogP contribution is 2.25. The topological polar surface area (TPSA) is 61.8 Å². The molecular formula is C10H11ClF3N3O. The number of oxime groups is 1. The SMILES string of the molecule is CN(CC(F)(F)F)c1ccc(C(N)=NO)c(Cl)c1. The van der Waals surface area contributed by atoms with E-state index in [-0.39, 0.29) is 22.1 Å². The average Bonchev–Trinajstić information content (AvgIpc) is 2.25. The molecule has 0 atom stereocenters. The van der Waals surface area contributed by atoms with E-state index in [1.165, 1.54) is 25.2 Å². The molecule has 0 amide bonds. The number of amidine groups is 1. The highest BCUT2D eigenvalue weighted by molar-refractivity contribution is 6.34. The van der Waals surface area contributed by atoms with Crippen LogP contribution in [0.1, 0.15) is 5.56 Å². The predicted molar refractivity (Wildman–Crippen MR) is 63.3 cm³/mol. The maximum atomic E-state index is 12.2. The lowest BCUT2D eigenvalue weighted by Gasteiger charge is -2.21. The van der Waals surface area contributed by atoms with Crippen LogP contribution in [0.2, 0.25) is 5.02 Å². The van der Waals surface area contributed by atoms with E-state index in [0.717, 1.165) is 4.90 Å². The fraction of sp³-hybridized carbons (Fsp3) is 0.300. The van der Waals surface area contributed by atoms with Gasteiger partial charge in [-0.15, -0.1) is 0 Å². The molecule has 1 aromatic carbocycles. The Bertz CT molecular complexity index is 462. The first-order valence-corrected chi connectivity index (χ1v) is 5.17. The van der Waals surface area contributed by atoms with Gasteiger partial charge in [-0.25, -0.2) is 0 Å². The van der Waals surface area contributed by atoms with E-state index in [2.05, 4.69) is 5.16 Å². The summed E-state index contributed by atoms with van der Waals surface area (Å²) in [5.41, 5.74) is 5.88. The van der Waals surface area contributed by atoms with Crippen LogP contribution < -0.4 is 10.6 Å². The second-order valence-electron chi connectivity index (χ2n) is 3.62. The van der Waals surface area contributed by atoms with E-state index in [1.54, 1.807) is 0 Å². The van der Waals surface area contributed by atoms with Crippen LogP contribution in [0.15, 0.2) is 23.4 Å². The zero-order chi connectivity index (χ0) is 13.9. The van der Waals surface area contributed by atoms with Gasteiger partial charge in [-0.1, -0.05) is 16.8 Å². The van der Waals surface area contributed by atoms with Crippen LogP contribution in [0.25, 0.3) is 0 Å². The van der Waals surface area contributed by atoms with Crippen molar-refractivity contribution in [1.82, 2.24) is 0 Å². The smallest absolute Gasteiger partial charge is 0.405 e. The second kappa shape index (κ2) is 5.34. The molecule has 100 valence electrons. The molecule has 0 aliphatic rings. The van der Waals surface area contributed by atoms with Crippen molar-refractivity contribution < 1.29 is 18.4 Å². The zero-order valence-corrected chi connectivity index (χ0v) is 10.1. The summed E-state index contributed by atoms with van der Waals surface area (Å²) < 4.78 is 36.6. The maximum Gasteiger partial charge on any atom is 0.405 e. The van der Waals surface area contributed by atoms with Gasteiger partial charge < -0.3 is 15.8 Å². The molecule has 1 aromatic rings. The number of hydrogen-bond donors (Lipinski definition) is 2. The minimum Gasteiger partial charge on any atom is -0.409 e. The number of anilines is 1. The van der Waals surface area contributed by atoms with E-state index in [1.807, 2.05) is 0 Å². The molecule has 4 nitrogen and oxygen atoms in total. The first-order valence-electron chi connectivity index (χ1n) is 4.80. The summed E-state index contributed by atoms with van der Waals surface area (Å²) >= 11 is 5.84. The summed E-state index contributed by atoms with van der Waals surface area (Å²) in [7, 11) is 1.29. The van der Waals surface area contributed by atoms with Crippen molar-refractivity contribution in [2.75, 3.05) is 18.5 Å². The van der Waals surface area contributed by atoms with Crippen molar-refractivity contribution in [3.05, 3.63) is 28.8 Å². The molecule has 0 aliphatic heterocycles. The van der Waals surface area contributed by atoms with Gasteiger partial charge in [0.15, 0.2) is 5.84 Å². The zero-order valence-electron chi connectivity index (χ0n) is 9.37. The van der Waals surface area contributed by atoms with Gasteiger partial charge in [-0.05, 0) is 18.2 Å². The van der Waals surface area contributed by atoms with Gasteiger partial charge in [0, 0.05) is 18.3 Å². The third-order valence-corrected chi connectivity index (χ3v) is 2.51. The number of nitrogens with two attached hydrogens (primary N) is 1. The van der Waals surface area contributed by atoms with Gasteiger partial charge in [0.1, 0.15) is 6.54 Å². The summed E-state index contributed by atoms with van der Waals surface area (Å²) in [6, 6.07) is 4.12. The molecule has 0 unspecified atom stereocenters. The van der Waals surface area contributed by atoms with Gasteiger partial charge in [-0.2, -0.15) is 13.2 Å². The number of rotatable bonds is 3. The monoisotopic (exact) mass is 281 g/mol. The van der Waals surface area contributed by atoms with Crippen molar-refractivity contribution in [2.24, 2.45) is 10.9 Å². The van der Waals surface area contributed by atoms with Crippen LogP contribution in [0.4, 0.5) is 18.9 Å². The molecule has 0 spiro atoms. The Morgan fingerprint density at radius 2 is 2.11 bits per heavy atom. The Morgan fingerprint density at radius 3 is 2.56 bits per heavy atom. The largest absolute Gasteiger partial charge is 0.409 e. The fourth-order valence-corrected chi connectivity index (χ4v) is 1.63. The maximum absolute atomic E-state index is 12.2. The molecule has 1 rings (SSSR count). The highest BCUT2D eigenvalue weighted by Gasteiger charge is 2.29. The number of nitrogens with zero attached hydrogens (tertiary/aromatic N) is 2. The fourth-order valence-electron chi connectivity index (χ4n) is 1.36. The van der Waals surface area contributed by atoms with Crippen LogP contribution >= 0.6 is 11.6 Å². The Kier molecular flexibility index (Phi) is 4.28. The van der Waals surface area contributed by atoms with E-state index in [9.17, 15) is 13.2 Å². The molecule has 0 heterocycles. The average molecular weight is 282 g/mol. The van der Waals surface area contributed by atoms with Crippen LogP contribution in [0.3, 0.4) is 0 Å². The van der Waals surface area contributed by atoms with Gasteiger partial charge in [0.05, 0.1) is 5.02 Å². The van der Waals surface area contributed by atoms with Crippen LogP contribution in [0.5, 0.6) is 0 Å². The molecule has 0 radical (unpaired) electrons. The molecule has 0 saturated heterocycles. The van der Waals surface area contributed by atoms with Crippen molar-refractivity contribution >= 4 is 23.1 Å². The summed E-state index contributed by atoms with van der Waals surface area (Å²) in [5.74, 6) is -0.204. The van der Waals surface area contributed by atoms with E-state index in [4.69, 9.17) is 22.5 Å². The van der Waals surface area contributed by atoms with Gasteiger partial charge in [-0.3, -0.25) is 0 Å². The third-order valence-electron chi connectivity index (χ3n) is 2.19. The van der Waals surface area contributed by atoms with Crippen molar-refractivity contribution in [2.45, 2.75) is 6.18 Å². The van der Waals surface area contributed by atoms with Crippen molar-refractivity contribution in [3.8, 4) is 0 Å². The molecule has 18 heavy (non-hydrogen) atoms. The molecule has 8 heteroatoms. The lowest BCUT2D eigenvalue weighted by atomic mass is 10.2. The van der Waals surface area contributed by atoms with Crippen molar-refractivity contribution in [3.63, 3.8) is 0 Å². The summed E-state index contributed by atoms with van der Waals surface area (Å²) in [6.07, 6.45) is -4.30. The van der Waals surface area contributed by atoms with E-state index < -0.39 is 12.7 Å². The Hall–Kier alpha value is -1.63. The minimum atomic E-state index is -4.30. The number of halogens is 4. The highest BCUT2D eigenvalue weighted by atomic mass is 35.5.